The van der Waals surface area contributed by atoms with E-state index in [9.17, 15) is 10.1 Å². The van der Waals surface area contributed by atoms with Crippen LogP contribution in [0.2, 0.25) is 0 Å². The molecule has 0 amide bonds. The maximum absolute atomic E-state index is 10.5. The van der Waals surface area contributed by atoms with E-state index in [1.54, 1.807) is 12.1 Å². The average molecular weight is 228 g/mol. The summed E-state index contributed by atoms with van der Waals surface area (Å²) in [5.74, 6) is 0. The second kappa shape index (κ2) is 4.74. The van der Waals surface area contributed by atoms with Crippen molar-refractivity contribution < 1.29 is 4.92 Å². The Bertz CT molecular complexity index is 518. The fourth-order valence-corrected chi connectivity index (χ4v) is 1.57. The van der Waals surface area contributed by atoms with Gasteiger partial charge in [0.25, 0.3) is 5.69 Å². The molecular formula is C13H12N2O2. The Kier molecular flexibility index (Phi) is 3.14. The van der Waals surface area contributed by atoms with E-state index in [1.165, 1.54) is 12.1 Å². The van der Waals surface area contributed by atoms with Gasteiger partial charge in [-0.15, -0.1) is 0 Å². The van der Waals surface area contributed by atoms with E-state index < -0.39 is 4.92 Å². The van der Waals surface area contributed by atoms with Crippen LogP contribution in [0.25, 0.3) is 0 Å². The first-order valence-electron chi connectivity index (χ1n) is 5.30. The molecule has 4 nitrogen and oxygen atoms in total. The SMILES string of the molecule is Cc1ccc(Cc2ccc([N+](=O)[O-])cc2)cn1. The molecule has 0 aliphatic carbocycles. The largest absolute Gasteiger partial charge is 0.269 e. The lowest BCUT2D eigenvalue weighted by molar-refractivity contribution is -0.384. The number of benzene rings is 1. The Labute approximate surface area is 99.1 Å². The van der Waals surface area contributed by atoms with Gasteiger partial charge in [-0.3, -0.25) is 15.1 Å². The minimum atomic E-state index is -0.392. The Morgan fingerprint density at radius 2 is 1.76 bits per heavy atom. The van der Waals surface area contributed by atoms with E-state index in [-0.39, 0.29) is 5.69 Å². The minimum absolute atomic E-state index is 0.121. The fraction of sp³-hybridized carbons (Fsp3) is 0.154. The molecule has 1 heterocycles. The summed E-state index contributed by atoms with van der Waals surface area (Å²) in [6.07, 6.45) is 2.57. The van der Waals surface area contributed by atoms with E-state index >= 15 is 0 Å². The lowest BCUT2D eigenvalue weighted by Gasteiger charge is -2.01. The van der Waals surface area contributed by atoms with Crippen LogP contribution in [0, 0.1) is 17.0 Å². The van der Waals surface area contributed by atoms with Crippen molar-refractivity contribution in [2.24, 2.45) is 0 Å². The summed E-state index contributed by atoms with van der Waals surface area (Å²) < 4.78 is 0. The highest BCUT2D eigenvalue weighted by Gasteiger charge is 2.04. The first kappa shape index (κ1) is 11.3. The van der Waals surface area contributed by atoms with E-state index in [0.717, 1.165) is 23.2 Å². The third-order valence-electron chi connectivity index (χ3n) is 2.53. The monoisotopic (exact) mass is 228 g/mol. The number of hydrogen-bond donors (Lipinski definition) is 0. The molecule has 0 fully saturated rings. The number of rotatable bonds is 3. The third-order valence-corrected chi connectivity index (χ3v) is 2.53. The molecule has 0 bridgehead atoms. The van der Waals surface area contributed by atoms with Crippen LogP contribution in [0.4, 0.5) is 5.69 Å². The molecule has 86 valence electrons. The molecule has 0 radical (unpaired) electrons. The molecule has 4 heteroatoms. The number of aryl methyl sites for hydroxylation is 1. The Morgan fingerprint density at radius 1 is 1.12 bits per heavy atom. The lowest BCUT2D eigenvalue weighted by Crippen LogP contribution is -1.92. The minimum Gasteiger partial charge on any atom is -0.261 e. The highest BCUT2D eigenvalue weighted by atomic mass is 16.6. The first-order valence-corrected chi connectivity index (χ1v) is 5.30. The number of non-ortho nitro benzene ring substituents is 1. The summed E-state index contributed by atoms with van der Waals surface area (Å²) in [6, 6.07) is 10.6. The molecule has 0 spiro atoms. The molecular weight excluding hydrogens is 216 g/mol. The van der Waals surface area contributed by atoms with Crippen LogP contribution in [0.1, 0.15) is 16.8 Å². The number of nitro groups is 1. The molecule has 2 rings (SSSR count). The predicted octanol–water partition coefficient (Wildman–Crippen LogP) is 2.89. The molecule has 0 N–H and O–H groups in total. The zero-order valence-corrected chi connectivity index (χ0v) is 9.46. The number of hydrogen-bond acceptors (Lipinski definition) is 3. The standard InChI is InChI=1S/C13H12N2O2/c1-10-2-3-12(9-14-10)8-11-4-6-13(7-5-11)15(16)17/h2-7,9H,8H2,1H3. The van der Waals surface area contributed by atoms with Crippen molar-refractivity contribution in [3.63, 3.8) is 0 Å². The molecule has 0 atom stereocenters. The molecule has 0 saturated carbocycles. The van der Waals surface area contributed by atoms with Crippen LogP contribution < -0.4 is 0 Å². The van der Waals surface area contributed by atoms with Crippen molar-refractivity contribution in [3.8, 4) is 0 Å². The van der Waals surface area contributed by atoms with Gasteiger partial charge in [0.2, 0.25) is 0 Å². The van der Waals surface area contributed by atoms with Crippen LogP contribution in [0.5, 0.6) is 0 Å². The molecule has 1 aromatic heterocycles. The summed E-state index contributed by atoms with van der Waals surface area (Å²) in [7, 11) is 0. The zero-order valence-electron chi connectivity index (χ0n) is 9.46. The predicted molar refractivity (Wildman–Crippen MR) is 64.9 cm³/mol. The summed E-state index contributed by atoms with van der Waals surface area (Å²) >= 11 is 0. The van der Waals surface area contributed by atoms with E-state index in [0.29, 0.717) is 0 Å². The van der Waals surface area contributed by atoms with E-state index in [1.807, 2.05) is 25.3 Å². The molecule has 0 aliphatic heterocycles. The van der Waals surface area contributed by atoms with E-state index in [4.69, 9.17) is 0 Å². The van der Waals surface area contributed by atoms with Crippen molar-refractivity contribution >= 4 is 5.69 Å². The molecule has 0 aliphatic rings. The van der Waals surface area contributed by atoms with Crippen molar-refractivity contribution in [1.29, 1.82) is 0 Å². The third kappa shape index (κ3) is 2.87. The molecule has 17 heavy (non-hydrogen) atoms. The normalized spacial score (nSPS) is 10.2. The Balaban J connectivity index is 2.13. The average Bonchev–Trinajstić information content (AvgIpc) is 2.33. The van der Waals surface area contributed by atoms with Gasteiger partial charge in [-0.05, 0) is 30.5 Å². The highest BCUT2D eigenvalue weighted by molar-refractivity contribution is 5.35. The van der Waals surface area contributed by atoms with Crippen molar-refractivity contribution in [2.45, 2.75) is 13.3 Å². The smallest absolute Gasteiger partial charge is 0.261 e. The second-order valence-electron chi connectivity index (χ2n) is 3.91. The van der Waals surface area contributed by atoms with Gasteiger partial charge in [-0.1, -0.05) is 18.2 Å². The Morgan fingerprint density at radius 3 is 2.29 bits per heavy atom. The maximum Gasteiger partial charge on any atom is 0.269 e. The van der Waals surface area contributed by atoms with Gasteiger partial charge in [0.15, 0.2) is 0 Å². The topological polar surface area (TPSA) is 56.0 Å². The van der Waals surface area contributed by atoms with E-state index in [2.05, 4.69) is 4.98 Å². The van der Waals surface area contributed by atoms with Crippen LogP contribution in [0.3, 0.4) is 0 Å². The summed E-state index contributed by atoms with van der Waals surface area (Å²) in [5, 5.41) is 10.5. The summed E-state index contributed by atoms with van der Waals surface area (Å²) in [5.41, 5.74) is 3.25. The van der Waals surface area contributed by atoms with Gasteiger partial charge in [0.1, 0.15) is 0 Å². The van der Waals surface area contributed by atoms with Crippen LogP contribution in [0.15, 0.2) is 42.6 Å². The summed E-state index contributed by atoms with van der Waals surface area (Å²) in [4.78, 5) is 14.3. The Hall–Kier alpha value is -2.23. The first-order chi connectivity index (χ1) is 8.15. The quantitative estimate of drug-likeness (QED) is 0.599. The molecule has 2 aromatic rings. The molecule has 0 unspecified atom stereocenters. The van der Waals surface area contributed by atoms with Crippen molar-refractivity contribution in [2.75, 3.05) is 0 Å². The zero-order chi connectivity index (χ0) is 12.3. The van der Waals surface area contributed by atoms with Crippen LogP contribution >= 0.6 is 0 Å². The number of nitro benzene ring substituents is 1. The fourth-order valence-electron chi connectivity index (χ4n) is 1.57. The summed E-state index contributed by atoms with van der Waals surface area (Å²) in [6.45, 7) is 1.94. The van der Waals surface area contributed by atoms with Gasteiger partial charge in [0.05, 0.1) is 4.92 Å². The van der Waals surface area contributed by atoms with Gasteiger partial charge in [-0.2, -0.15) is 0 Å². The number of nitrogens with zero attached hydrogens (tertiary/aromatic N) is 2. The van der Waals surface area contributed by atoms with Gasteiger partial charge < -0.3 is 0 Å². The van der Waals surface area contributed by atoms with Gasteiger partial charge in [0, 0.05) is 24.0 Å². The molecule has 0 saturated heterocycles. The van der Waals surface area contributed by atoms with Crippen molar-refractivity contribution in [1.82, 2.24) is 4.98 Å². The van der Waals surface area contributed by atoms with Crippen LogP contribution in [-0.4, -0.2) is 9.91 Å². The maximum atomic E-state index is 10.5. The highest BCUT2D eigenvalue weighted by Crippen LogP contribution is 2.14. The van der Waals surface area contributed by atoms with Crippen LogP contribution in [-0.2, 0) is 6.42 Å². The number of aromatic nitrogens is 1. The van der Waals surface area contributed by atoms with Gasteiger partial charge in [-0.25, -0.2) is 0 Å². The number of pyridine rings is 1. The second-order valence-corrected chi connectivity index (χ2v) is 3.91. The van der Waals surface area contributed by atoms with Crippen molar-refractivity contribution in [3.05, 3.63) is 69.5 Å². The molecule has 1 aromatic carbocycles. The lowest BCUT2D eigenvalue weighted by atomic mass is 10.1. The van der Waals surface area contributed by atoms with Gasteiger partial charge >= 0.3 is 0 Å².